The van der Waals surface area contributed by atoms with Crippen molar-refractivity contribution < 1.29 is 14.3 Å². The fourth-order valence-corrected chi connectivity index (χ4v) is 1.95. The van der Waals surface area contributed by atoms with E-state index in [-0.39, 0.29) is 12.5 Å². The number of carbonyl (C=O) groups excluding carboxylic acids is 1. The highest BCUT2D eigenvalue weighted by Gasteiger charge is 2.23. The third kappa shape index (κ3) is 3.73. The summed E-state index contributed by atoms with van der Waals surface area (Å²) in [6.07, 6.45) is 1.54. The number of ether oxygens (including phenoxy) is 2. The molecular formula is C11H22N2O3. The number of nitrogens with two attached hydrogens (primary N) is 1. The van der Waals surface area contributed by atoms with E-state index < -0.39 is 6.10 Å². The number of hydrogen-bond donors (Lipinski definition) is 1. The van der Waals surface area contributed by atoms with Crippen LogP contribution in [0.5, 0.6) is 0 Å². The van der Waals surface area contributed by atoms with Crippen LogP contribution in [0.1, 0.15) is 12.8 Å². The first-order chi connectivity index (χ1) is 7.69. The van der Waals surface area contributed by atoms with Gasteiger partial charge >= 0.3 is 0 Å². The van der Waals surface area contributed by atoms with E-state index in [0.29, 0.717) is 5.92 Å². The molecule has 1 rings (SSSR count). The van der Waals surface area contributed by atoms with Gasteiger partial charge in [0, 0.05) is 40.5 Å². The molecule has 0 aromatic carbocycles. The third-order valence-corrected chi connectivity index (χ3v) is 3.02. The van der Waals surface area contributed by atoms with Crippen LogP contribution in [0.15, 0.2) is 0 Å². The molecule has 0 aromatic heterocycles. The van der Waals surface area contributed by atoms with Gasteiger partial charge in [-0.25, -0.2) is 0 Å². The van der Waals surface area contributed by atoms with Crippen LogP contribution in [0.25, 0.3) is 0 Å². The van der Waals surface area contributed by atoms with Crippen LogP contribution in [-0.2, 0) is 14.3 Å². The van der Waals surface area contributed by atoms with Crippen LogP contribution in [0.4, 0.5) is 0 Å². The highest BCUT2D eigenvalue weighted by atomic mass is 16.5. The lowest BCUT2D eigenvalue weighted by atomic mass is 10.00. The van der Waals surface area contributed by atoms with Crippen molar-refractivity contribution in [1.29, 1.82) is 0 Å². The van der Waals surface area contributed by atoms with Crippen molar-refractivity contribution in [3.63, 3.8) is 0 Å². The van der Waals surface area contributed by atoms with E-state index in [2.05, 4.69) is 0 Å². The van der Waals surface area contributed by atoms with Gasteiger partial charge in [0.1, 0.15) is 6.10 Å². The Labute approximate surface area is 96.9 Å². The second kappa shape index (κ2) is 6.83. The molecule has 0 saturated carbocycles. The Balaban J connectivity index is 2.37. The molecule has 0 radical (unpaired) electrons. The van der Waals surface area contributed by atoms with Crippen LogP contribution in [0, 0.1) is 5.92 Å². The van der Waals surface area contributed by atoms with Gasteiger partial charge in [-0.15, -0.1) is 0 Å². The van der Waals surface area contributed by atoms with Gasteiger partial charge in [0.2, 0.25) is 0 Å². The van der Waals surface area contributed by atoms with Gasteiger partial charge in [-0.3, -0.25) is 4.79 Å². The summed E-state index contributed by atoms with van der Waals surface area (Å²) in [5, 5.41) is 0. The smallest absolute Gasteiger partial charge is 0.252 e. The highest BCUT2D eigenvalue weighted by molar-refractivity contribution is 5.80. The minimum absolute atomic E-state index is 0.0310. The predicted octanol–water partition coefficient (Wildman–Crippen LogP) is -0.155. The second-order valence-corrected chi connectivity index (χ2v) is 4.23. The average molecular weight is 230 g/mol. The SMILES string of the molecule is COC(CN)C(=O)N(C)CC1CCOCC1. The summed E-state index contributed by atoms with van der Waals surface area (Å²) < 4.78 is 10.3. The summed E-state index contributed by atoms with van der Waals surface area (Å²) in [5.74, 6) is 0.509. The van der Waals surface area contributed by atoms with Crippen LogP contribution in [0.2, 0.25) is 0 Å². The van der Waals surface area contributed by atoms with Crippen molar-refractivity contribution in [2.75, 3.05) is 40.5 Å². The average Bonchev–Trinajstić information content (AvgIpc) is 2.31. The van der Waals surface area contributed by atoms with Gasteiger partial charge in [-0.05, 0) is 18.8 Å². The largest absolute Gasteiger partial charge is 0.381 e. The van der Waals surface area contributed by atoms with Crippen molar-refractivity contribution in [1.82, 2.24) is 4.90 Å². The molecule has 1 unspecified atom stereocenters. The van der Waals surface area contributed by atoms with Gasteiger partial charge in [0.15, 0.2) is 0 Å². The molecular weight excluding hydrogens is 208 g/mol. The molecule has 0 aliphatic carbocycles. The van der Waals surface area contributed by atoms with Crippen molar-refractivity contribution in [2.45, 2.75) is 18.9 Å². The molecule has 0 bridgehead atoms. The first-order valence-electron chi connectivity index (χ1n) is 5.74. The summed E-state index contributed by atoms with van der Waals surface area (Å²) in [6, 6.07) is 0. The summed E-state index contributed by atoms with van der Waals surface area (Å²) in [6.45, 7) is 2.60. The van der Waals surface area contributed by atoms with E-state index in [1.54, 1.807) is 11.9 Å². The zero-order chi connectivity index (χ0) is 12.0. The lowest BCUT2D eigenvalue weighted by Gasteiger charge is -2.28. The maximum Gasteiger partial charge on any atom is 0.252 e. The zero-order valence-electron chi connectivity index (χ0n) is 10.1. The fourth-order valence-electron chi connectivity index (χ4n) is 1.95. The molecule has 1 saturated heterocycles. The summed E-state index contributed by atoms with van der Waals surface area (Å²) in [4.78, 5) is 13.6. The predicted molar refractivity (Wildman–Crippen MR) is 61.0 cm³/mol. The lowest BCUT2D eigenvalue weighted by Crippen LogP contribution is -2.44. The van der Waals surface area contributed by atoms with Crippen LogP contribution >= 0.6 is 0 Å². The number of hydrogen-bond acceptors (Lipinski definition) is 4. The van der Waals surface area contributed by atoms with E-state index in [4.69, 9.17) is 15.2 Å². The number of carbonyl (C=O) groups is 1. The summed E-state index contributed by atoms with van der Waals surface area (Å²) in [5.41, 5.74) is 5.46. The Hall–Kier alpha value is -0.650. The Kier molecular flexibility index (Phi) is 5.73. The molecule has 5 nitrogen and oxygen atoms in total. The molecule has 5 heteroatoms. The normalized spacial score (nSPS) is 19.4. The van der Waals surface area contributed by atoms with Crippen LogP contribution < -0.4 is 5.73 Å². The van der Waals surface area contributed by atoms with Crippen molar-refractivity contribution in [3.05, 3.63) is 0 Å². The highest BCUT2D eigenvalue weighted by Crippen LogP contribution is 2.15. The Morgan fingerprint density at radius 1 is 1.56 bits per heavy atom. The van der Waals surface area contributed by atoms with E-state index in [1.165, 1.54) is 7.11 Å². The molecule has 0 spiro atoms. The molecule has 94 valence electrons. The Bertz CT molecular complexity index is 213. The van der Waals surface area contributed by atoms with Crippen LogP contribution in [-0.4, -0.2) is 57.4 Å². The molecule has 1 aliphatic rings. The minimum Gasteiger partial charge on any atom is -0.381 e. The Morgan fingerprint density at radius 2 is 2.19 bits per heavy atom. The van der Waals surface area contributed by atoms with E-state index in [1.807, 2.05) is 0 Å². The number of rotatable bonds is 5. The standard InChI is InChI=1S/C11H22N2O3/c1-13(11(14)10(7-12)15-2)8-9-3-5-16-6-4-9/h9-10H,3-8,12H2,1-2H3. The lowest BCUT2D eigenvalue weighted by molar-refractivity contribution is -0.141. The molecule has 1 aliphatic heterocycles. The number of methoxy groups -OCH3 is 1. The fraction of sp³-hybridized carbons (Fsp3) is 0.909. The minimum atomic E-state index is -0.509. The van der Waals surface area contributed by atoms with Gasteiger partial charge in [0.25, 0.3) is 5.91 Å². The van der Waals surface area contributed by atoms with E-state index in [0.717, 1.165) is 32.6 Å². The maximum atomic E-state index is 11.9. The molecule has 16 heavy (non-hydrogen) atoms. The maximum absolute atomic E-state index is 11.9. The van der Waals surface area contributed by atoms with Gasteiger partial charge in [-0.1, -0.05) is 0 Å². The summed E-state index contributed by atoms with van der Waals surface area (Å²) in [7, 11) is 3.32. The molecule has 1 atom stereocenters. The van der Waals surface area contributed by atoms with Crippen molar-refractivity contribution in [3.8, 4) is 0 Å². The summed E-state index contributed by atoms with van der Waals surface area (Å²) >= 11 is 0. The third-order valence-electron chi connectivity index (χ3n) is 3.02. The first kappa shape index (κ1) is 13.4. The number of nitrogens with zero attached hydrogens (tertiary/aromatic N) is 1. The second-order valence-electron chi connectivity index (χ2n) is 4.23. The molecule has 1 heterocycles. The van der Waals surface area contributed by atoms with Crippen molar-refractivity contribution in [2.24, 2.45) is 11.7 Å². The first-order valence-corrected chi connectivity index (χ1v) is 5.74. The Morgan fingerprint density at radius 3 is 2.69 bits per heavy atom. The topological polar surface area (TPSA) is 64.8 Å². The zero-order valence-corrected chi connectivity index (χ0v) is 10.1. The van der Waals surface area contributed by atoms with Gasteiger partial charge in [0.05, 0.1) is 0 Å². The van der Waals surface area contributed by atoms with Crippen molar-refractivity contribution >= 4 is 5.91 Å². The number of likely N-dealkylation sites (N-methyl/N-ethyl adjacent to an activating group) is 1. The molecule has 2 N–H and O–H groups in total. The number of amides is 1. The van der Waals surface area contributed by atoms with Gasteiger partial charge in [-0.2, -0.15) is 0 Å². The quantitative estimate of drug-likeness (QED) is 0.713. The van der Waals surface area contributed by atoms with Crippen LogP contribution in [0.3, 0.4) is 0 Å². The molecule has 0 aromatic rings. The van der Waals surface area contributed by atoms with Gasteiger partial charge < -0.3 is 20.1 Å². The van der Waals surface area contributed by atoms with E-state index >= 15 is 0 Å². The monoisotopic (exact) mass is 230 g/mol. The molecule has 1 fully saturated rings. The molecule has 1 amide bonds. The van der Waals surface area contributed by atoms with E-state index in [9.17, 15) is 4.79 Å².